The van der Waals surface area contributed by atoms with Crippen molar-refractivity contribution in [1.29, 1.82) is 0 Å². The van der Waals surface area contributed by atoms with Gasteiger partial charge in [-0.15, -0.1) is 0 Å². The van der Waals surface area contributed by atoms with Crippen LogP contribution in [0.15, 0.2) is 12.2 Å². The molecule has 0 bridgehead atoms. The van der Waals surface area contributed by atoms with E-state index in [0.717, 1.165) is 25.7 Å². The van der Waals surface area contributed by atoms with E-state index >= 15 is 0 Å². The zero-order valence-electron chi connectivity index (χ0n) is 6.05. The van der Waals surface area contributed by atoms with Crippen molar-refractivity contribution in [1.82, 2.24) is 0 Å². The van der Waals surface area contributed by atoms with Gasteiger partial charge >= 0.3 is 0 Å². The molecule has 0 spiro atoms. The highest BCUT2D eigenvalue weighted by Gasteiger charge is 2.33. The van der Waals surface area contributed by atoms with Crippen molar-refractivity contribution in [2.24, 2.45) is 11.8 Å². The molecule has 2 rings (SSSR count). The zero-order chi connectivity index (χ0) is 6.97. The number of allylic oxidation sites excluding steroid dienone is 2. The first-order valence-corrected chi connectivity index (χ1v) is 4.07. The molecule has 2 atom stereocenters. The Labute approximate surface area is 61.1 Å². The summed E-state index contributed by atoms with van der Waals surface area (Å²) in [6, 6.07) is 0. The van der Waals surface area contributed by atoms with E-state index in [1.165, 1.54) is 0 Å². The van der Waals surface area contributed by atoms with Crippen LogP contribution < -0.4 is 0 Å². The van der Waals surface area contributed by atoms with Gasteiger partial charge in [-0.05, 0) is 25.2 Å². The summed E-state index contributed by atoms with van der Waals surface area (Å²) in [7, 11) is 0. The first-order chi connectivity index (χ1) is 4.88. The van der Waals surface area contributed by atoms with Gasteiger partial charge in [0.2, 0.25) is 0 Å². The fraction of sp³-hybridized carbons (Fsp3) is 0.667. The number of hydrogen-bond donors (Lipinski definition) is 0. The second-order valence-electron chi connectivity index (χ2n) is 3.28. The molecule has 0 heterocycles. The molecule has 10 heavy (non-hydrogen) atoms. The lowest BCUT2D eigenvalue weighted by atomic mass is 9.86. The van der Waals surface area contributed by atoms with E-state index in [1.54, 1.807) is 0 Å². The van der Waals surface area contributed by atoms with Crippen LogP contribution in [0, 0.1) is 11.8 Å². The maximum atomic E-state index is 11.2. The molecule has 1 fully saturated rings. The topological polar surface area (TPSA) is 17.1 Å². The number of Topliss-reactive ketones (excluding diaryl/α,β-unsaturated/α-hetero) is 1. The highest BCUT2D eigenvalue weighted by molar-refractivity contribution is 5.83. The third-order valence-corrected chi connectivity index (χ3v) is 2.68. The molecule has 1 heteroatoms. The van der Waals surface area contributed by atoms with E-state index in [4.69, 9.17) is 0 Å². The zero-order valence-corrected chi connectivity index (χ0v) is 6.05. The summed E-state index contributed by atoms with van der Waals surface area (Å²) in [5.74, 6) is 1.53. The third kappa shape index (κ3) is 0.808. The van der Waals surface area contributed by atoms with Crippen LogP contribution in [0.4, 0.5) is 0 Å². The monoisotopic (exact) mass is 136 g/mol. The van der Waals surface area contributed by atoms with E-state index < -0.39 is 0 Å². The van der Waals surface area contributed by atoms with Gasteiger partial charge in [-0.2, -0.15) is 0 Å². The Morgan fingerprint density at radius 2 is 2.30 bits per heavy atom. The van der Waals surface area contributed by atoms with E-state index in [2.05, 4.69) is 12.2 Å². The van der Waals surface area contributed by atoms with Gasteiger partial charge in [0.05, 0.1) is 0 Å². The highest BCUT2D eigenvalue weighted by Crippen LogP contribution is 2.35. The Morgan fingerprint density at radius 3 is 3.10 bits per heavy atom. The molecule has 0 aromatic heterocycles. The SMILES string of the molecule is O=C1CC[C@H]2C=CCC[C@H]12. The van der Waals surface area contributed by atoms with Gasteiger partial charge in [0.25, 0.3) is 0 Å². The average molecular weight is 136 g/mol. The van der Waals surface area contributed by atoms with Gasteiger partial charge in [0.1, 0.15) is 5.78 Å². The third-order valence-electron chi connectivity index (χ3n) is 2.68. The molecule has 2 aliphatic carbocycles. The van der Waals surface area contributed by atoms with Crippen LogP contribution in [0.3, 0.4) is 0 Å². The fourth-order valence-corrected chi connectivity index (χ4v) is 2.09. The van der Waals surface area contributed by atoms with E-state index in [-0.39, 0.29) is 0 Å². The largest absolute Gasteiger partial charge is 0.299 e. The van der Waals surface area contributed by atoms with Crippen LogP contribution in [-0.2, 0) is 4.79 Å². The second-order valence-corrected chi connectivity index (χ2v) is 3.28. The Morgan fingerprint density at radius 1 is 1.40 bits per heavy atom. The lowest BCUT2D eigenvalue weighted by Gasteiger charge is -2.17. The first kappa shape index (κ1) is 6.14. The van der Waals surface area contributed by atoms with Crippen molar-refractivity contribution < 1.29 is 4.79 Å². The molecular formula is C9H12O. The summed E-state index contributed by atoms with van der Waals surface area (Å²) in [6.45, 7) is 0. The van der Waals surface area contributed by atoms with Gasteiger partial charge in [-0.1, -0.05) is 12.2 Å². The predicted octanol–water partition coefficient (Wildman–Crippen LogP) is 1.93. The smallest absolute Gasteiger partial charge is 0.136 e. The van der Waals surface area contributed by atoms with Crippen molar-refractivity contribution in [3.05, 3.63) is 12.2 Å². The summed E-state index contributed by atoms with van der Waals surface area (Å²) in [6.07, 6.45) is 8.63. The van der Waals surface area contributed by atoms with Crippen LogP contribution in [0.1, 0.15) is 25.7 Å². The summed E-state index contributed by atoms with van der Waals surface area (Å²) >= 11 is 0. The molecule has 0 aromatic rings. The molecule has 0 N–H and O–H groups in total. The average Bonchev–Trinajstić information content (AvgIpc) is 2.34. The molecule has 0 unspecified atom stereocenters. The number of hydrogen-bond acceptors (Lipinski definition) is 1. The van der Waals surface area contributed by atoms with Crippen LogP contribution >= 0.6 is 0 Å². The minimum absolute atomic E-state index is 0.407. The molecule has 0 aliphatic heterocycles. The van der Waals surface area contributed by atoms with Crippen molar-refractivity contribution in [3.63, 3.8) is 0 Å². The predicted molar refractivity (Wildman–Crippen MR) is 39.6 cm³/mol. The molecule has 1 saturated carbocycles. The van der Waals surface area contributed by atoms with Gasteiger partial charge in [0.15, 0.2) is 0 Å². The quantitative estimate of drug-likeness (QED) is 0.465. The molecule has 1 nitrogen and oxygen atoms in total. The second kappa shape index (κ2) is 2.22. The van der Waals surface area contributed by atoms with E-state index in [1.807, 2.05) is 0 Å². The highest BCUT2D eigenvalue weighted by atomic mass is 16.1. The van der Waals surface area contributed by atoms with Crippen LogP contribution in [0.2, 0.25) is 0 Å². The van der Waals surface area contributed by atoms with Crippen molar-refractivity contribution in [3.8, 4) is 0 Å². The Kier molecular flexibility index (Phi) is 1.37. The number of carbonyl (C=O) groups is 1. The maximum Gasteiger partial charge on any atom is 0.136 e. The minimum atomic E-state index is 0.407. The molecular weight excluding hydrogens is 124 g/mol. The van der Waals surface area contributed by atoms with Crippen molar-refractivity contribution >= 4 is 5.78 Å². The van der Waals surface area contributed by atoms with Gasteiger partial charge in [0, 0.05) is 12.3 Å². The summed E-state index contributed by atoms with van der Waals surface area (Å²) in [4.78, 5) is 11.2. The van der Waals surface area contributed by atoms with Crippen molar-refractivity contribution in [2.75, 3.05) is 0 Å². The Bertz CT molecular complexity index is 181. The molecule has 2 aliphatic rings. The normalized spacial score (nSPS) is 38.2. The van der Waals surface area contributed by atoms with E-state index in [0.29, 0.717) is 17.6 Å². The Balaban J connectivity index is 2.19. The van der Waals surface area contributed by atoms with E-state index in [9.17, 15) is 4.79 Å². The lowest BCUT2D eigenvalue weighted by molar-refractivity contribution is -0.121. The maximum absolute atomic E-state index is 11.2. The molecule has 0 radical (unpaired) electrons. The van der Waals surface area contributed by atoms with Gasteiger partial charge < -0.3 is 0 Å². The fourth-order valence-electron chi connectivity index (χ4n) is 2.09. The number of rotatable bonds is 0. The molecule has 0 aromatic carbocycles. The van der Waals surface area contributed by atoms with Gasteiger partial charge in [-0.3, -0.25) is 4.79 Å². The Hall–Kier alpha value is -0.590. The summed E-state index contributed by atoms with van der Waals surface area (Å²) in [5.41, 5.74) is 0. The van der Waals surface area contributed by atoms with Crippen LogP contribution in [0.5, 0.6) is 0 Å². The molecule has 54 valence electrons. The molecule has 0 amide bonds. The number of fused-ring (bicyclic) bond motifs is 1. The summed E-state index contributed by atoms with van der Waals surface area (Å²) < 4.78 is 0. The number of carbonyl (C=O) groups excluding carboxylic acids is 1. The van der Waals surface area contributed by atoms with Crippen LogP contribution in [0.25, 0.3) is 0 Å². The molecule has 0 saturated heterocycles. The summed E-state index contributed by atoms with van der Waals surface area (Å²) in [5, 5.41) is 0. The lowest BCUT2D eigenvalue weighted by Crippen LogP contribution is -2.15. The first-order valence-electron chi connectivity index (χ1n) is 4.07. The standard InChI is InChI=1S/C9H12O/c10-9-6-5-7-3-1-2-4-8(7)9/h1,3,7-8H,2,4-6H2/t7-,8+/m1/s1. The minimum Gasteiger partial charge on any atom is -0.299 e. The number of ketones is 1. The van der Waals surface area contributed by atoms with Crippen molar-refractivity contribution in [2.45, 2.75) is 25.7 Å². The van der Waals surface area contributed by atoms with Gasteiger partial charge in [-0.25, -0.2) is 0 Å². The van der Waals surface area contributed by atoms with Crippen LogP contribution in [-0.4, -0.2) is 5.78 Å².